The number of piperazine rings is 1. The number of ether oxygens (including phenoxy) is 1. The molecule has 0 spiro atoms. The maximum absolute atomic E-state index is 13.3. The Morgan fingerprint density at radius 2 is 1.91 bits per heavy atom. The lowest BCUT2D eigenvalue weighted by Gasteiger charge is -2.34. The molecule has 1 aromatic carbocycles. The first-order valence-corrected chi connectivity index (χ1v) is 12.9. The van der Waals surface area contributed by atoms with E-state index in [1.54, 1.807) is 23.1 Å². The lowest BCUT2D eigenvalue weighted by Crippen LogP contribution is -2.50. The molecule has 0 atom stereocenters. The predicted octanol–water partition coefficient (Wildman–Crippen LogP) is 3.82. The average molecular weight is 501 g/mol. The molecule has 3 amide bonds. The molecule has 1 aliphatic carbocycles. The van der Waals surface area contributed by atoms with Gasteiger partial charge in [-0.15, -0.1) is 0 Å². The molecular formula is C24H28N4O4S2. The second-order valence-corrected chi connectivity index (χ2v) is 10.7. The first kappa shape index (κ1) is 24.3. The molecule has 34 heavy (non-hydrogen) atoms. The summed E-state index contributed by atoms with van der Waals surface area (Å²) in [6, 6.07) is 3.72. The van der Waals surface area contributed by atoms with Crippen LogP contribution in [0.15, 0.2) is 40.1 Å². The fourth-order valence-corrected chi connectivity index (χ4v) is 5.83. The lowest BCUT2D eigenvalue weighted by atomic mass is 9.85. The van der Waals surface area contributed by atoms with Gasteiger partial charge in [0.05, 0.1) is 23.1 Å². The zero-order valence-electron chi connectivity index (χ0n) is 19.3. The van der Waals surface area contributed by atoms with Crippen LogP contribution in [0.4, 0.5) is 5.13 Å². The average Bonchev–Trinajstić information content (AvgIpc) is 3.24. The van der Waals surface area contributed by atoms with Gasteiger partial charge in [-0.3, -0.25) is 14.4 Å². The van der Waals surface area contributed by atoms with Gasteiger partial charge in [0.2, 0.25) is 11.8 Å². The summed E-state index contributed by atoms with van der Waals surface area (Å²) in [4.78, 5) is 46.1. The first-order valence-electron chi connectivity index (χ1n) is 11.2. The summed E-state index contributed by atoms with van der Waals surface area (Å²) in [5.41, 5.74) is 1.47. The Kier molecular flexibility index (Phi) is 7.57. The van der Waals surface area contributed by atoms with Crippen LogP contribution in [0.1, 0.15) is 35.2 Å². The van der Waals surface area contributed by atoms with E-state index in [2.05, 4.69) is 16.9 Å². The van der Waals surface area contributed by atoms with Crippen molar-refractivity contribution >= 4 is 46.0 Å². The van der Waals surface area contributed by atoms with Crippen LogP contribution in [0.5, 0.6) is 5.75 Å². The van der Waals surface area contributed by atoms with Gasteiger partial charge in [0.1, 0.15) is 5.75 Å². The van der Waals surface area contributed by atoms with Gasteiger partial charge >= 0.3 is 0 Å². The number of hydrogen-bond donors (Lipinski definition) is 1. The number of hydrogen-bond acceptors (Lipinski definition) is 7. The van der Waals surface area contributed by atoms with Gasteiger partial charge in [-0.2, -0.15) is 0 Å². The summed E-state index contributed by atoms with van der Waals surface area (Å²) in [5.74, 6) is 0.428. The summed E-state index contributed by atoms with van der Waals surface area (Å²) in [5, 5.41) is 3.50. The maximum Gasteiger partial charge on any atom is 0.257 e. The van der Waals surface area contributed by atoms with Crippen molar-refractivity contribution < 1.29 is 19.1 Å². The number of nitrogens with zero attached hydrogens (tertiary/aromatic N) is 3. The molecule has 180 valence electrons. The summed E-state index contributed by atoms with van der Waals surface area (Å²) in [6.07, 6.45) is 6.04. The zero-order chi connectivity index (χ0) is 24.2. The van der Waals surface area contributed by atoms with E-state index in [-0.39, 0.29) is 23.6 Å². The van der Waals surface area contributed by atoms with Crippen LogP contribution in [0.3, 0.4) is 0 Å². The van der Waals surface area contributed by atoms with Crippen LogP contribution < -0.4 is 10.1 Å². The molecule has 1 aromatic heterocycles. The third-order valence-electron chi connectivity index (χ3n) is 6.18. The quantitative estimate of drug-likeness (QED) is 0.581. The largest absolute Gasteiger partial charge is 0.496 e. The van der Waals surface area contributed by atoms with Gasteiger partial charge in [0.15, 0.2) is 5.13 Å². The van der Waals surface area contributed by atoms with Gasteiger partial charge in [-0.05, 0) is 43.5 Å². The van der Waals surface area contributed by atoms with E-state index in [4.69, 9.17) is 4.74 Å². The van der Waals surface area contributed by atoms with Gasteiger partial charge in [-0.25, -0.2) is 4.98 Å². The molecule has 8 nitrogen and oxygen atoms in total. The minimum Gasteiger partial charge on any atom is -0.496 e. The van der Waals surface area contributed by atoms with E-state index in [0.717, 1.165) is 33.9 Å². The molecule has 4 rings (SSSR count). The lowest BCUT2D eigenvalue weighted by molar-refractivity contribution is -0.127. The molecule has 1 aliphatic heterocycles. The van der Waals surface area contributed by atoms with E-state index in [1.807, 2.05) is 19.1 Å². The van der Waals surface area contributed by atoms with Gasteiger partial charge in [0.25, 0.3) is 5.91 Å². The van der Waals surface area contributed by atoms with Crippen LogP contribution in [-0.4, -0.2) is 65.8 Å². The molecule has 10 heteroatoms. The normalized spacial score (nSPS) is 16.1. The topological polar surface area (TPSA) is 91.8 Å². The number of aromatic nitrogens is 1. The summed E-state index contributed by atoms with van der Waals surface area (Å²) in [6.45, 7) is 7.36. The second kappa shape index (κ2) is 10.6. The molecule has 2 heterocycles. The van der Waals surface area contributed by atoms with E-state index in [9.17, 15) is 14.4 Å². The highest BCUT2D eigenvalue weighted by Crippen LogP contribution is 2.39. The van der Waals surface area contributed by atoms with Crippen molar-refractivity contribution in [3.63, 3.8) is 0 Å². The minimum absolute atomic E-state index is 0.0422. The van der Waals surface area contributed by atoms with Crippen molar-refractivity contribution in [3.05, 3.63) is 42.1 Å². The van der Waals surface area contributed by atoms with E-state index < -0.39 is 0 Å². The SMILES string of the molecule is C=CC(=O)N1CCN(C(=O)c2cc(Sc3cnc(NC(=O)C4CCC4)s3)c(C)cc2OC)CC1. The molecule has 2 fully saturated rings. The van der Waals surface area contributed by atoms with E-state index >= 15 is 0 Å². The molecule has 1 saturated heterocycles. The Bertz CT molecular complexity index is 1100. The Labute approximate surface area is 207 Å². The summed E-state index contributed by atoms with van der Waals surface area (Å²) in [7, 11) is 1.55. The molecule has 2 aromatic rings. The fraction of sp³-hybridized carbons (Fsp3) is 0.417. The van der Waals surface area contributed by atoms with Crippen LogP contribution in [0.2, 0.25) is 0 Å². The Morgan fingerprint density at radius 3 is 2.53 bits per heavy atom. The van der Waals surface area contributed by atoms with E-state index in [1.165, 1.54) is 29.2 Å². The number of amides is 3. The maximum atomic E-state index is 13.3. The van der Waals surface area contributed by atoms with Gasteiger partial charge in [0, 0.05) is 37.0 Å². The van der Waals surface area contributed by atoms with Gasteiger partial charge < -0.3 is 19.9 Å². The third kappa shape index (κ3) is 5.28. The highest BCUT2D eigenvalue weighted by molar-refractivity contribution is 8.01. The first-order chi connectivity index (χ1) is 16.4. The van der Waals surface area contributed by atoms with Crippen molar-refractivity contribution in [2.45, 2.75) is 35.3 Å². The second-order valence-electron chi connectivity index (χ2n) is 8.34. The van der Waals surface area contributed by atoms with Crippen molar-refractivity contribution in [3.8, 4) is 5.75 Å². The molecule has 0 radical (unpaired) electrons. The minimum atomic E-state index is -0.123. The smallest absolute Gasteiger partial charge is 0.257 e. The monoisotopic (exact) mass is 500 g/mol. The number of aryl methyl sites for hydroxylation is 1. The molecule has 2 aliphatic rings. The standard InChI is InChI=1S/C24H28N4O4S2/c1-4-20(29)27-8-10-28(11-9-27)23(31)17-13-19(15(2)12-18(17)32-3)33-21-14-25-24(34-21)26-22(30)16-6-5-7-16/h4,12-14,16H,1,5-11H2,2-3H3,(H,25,26,30). The van der Waals surface area contributed by atoms with Crippen LogP contribution >= 0.6 is 23.1 Å². The molecule has 0 unspecified atom stereocenters. The number of methoxy groups -OCH3 is 1. The number of carbonyl (C=O) groups excluding carboxylic acids is 3. The molecule has 1 N–H and O–H groups in total. The Balaban J connectivity index is 1.47. The number of rotatable bonds is 7. The van der Waals surface area contributed by atoms with Crippen molar-refractivity contribution in [2.24, 2.45) is 5.92 Å². The van der Waals surface area contributed by atoms with Crippen molar-refractivity contribution in [1.82, 2.24) is 14.8 Å². The van der Waals surface area contributed by atoms with Crippen LogP contribution in [0.25, 0.3) is 0 Å². The number of carbonyl (C=O) groups is 3. The van der Waals surface area contributed by atoms with Gasteiger partial charge in [-0.1, -0.05) is 36.1 Å². The summed E-state index contributed by atoms with van der Waals surface area (Å²) < 4.78 is 6.44. The predicted molar refractivity (Wildman–Crippen MR) is 133 cm³/mol. The van der Waals surface area contributed by atoms with Crippen molar-refractivity contribution in [1.29, 1.82) is 0 Å². The Morgan fingerprint density at radius 1 is 1.21 bits per heavy atom. The highest BCUT2D eigenvalue weighted by Gasteiger charge is 2.27. The molecular weight excluding hydrogens is 472 g/mol. The number of nitrogens with one attached hydrogen (secondary N) is 1. The van der Waals surface area contributed by atoms with Crippen LogP contribution in [0, 0.1) is 12.8 Å². The number of anilines is 1. The number of benzene rings is 1. The zero-order valence-corrected chi connectivity index (χ0v) is 21.0. The fourth-order valence-electron chi connectivity index (χ4n) is 3.89. The van der Waals surface area contributed by atoms with E-state index in [0.29, 0.717) is 42.6 Å². The number of thiazole rings is 1. The summed E-state index contributed by atoms with van der Waals surface area (Å²) >= 11 is 2.93. The van der Waals surface area contributed by atoms with Crippen LogP contribution in [-0.2, 0) is 9.59 Å². The highest BCUT2D eigenvalue weighted by atomic mass is 32.2. The molecule has 1 saturated carbocycles. The Hall–Kier alpha value is -2.85. The van der Waals surface area contributed by atoms with Crippen molar-refractivity contribution in [2.75, 3.05) is 38.6 Å². The molecule has 0 bridgehead atoms. The third-order valence-corrected chi connectivity index (χ3v) is 8.36.